The average Bonchev–Trinajstić information content (AvgIpc) is 3.11. The molecule has 3 aromatic carbocycles. The summed E-state index contributed by atoms with van der Waals surface area (Å²) in [6.07, 6.45) is 7.03. The minimum atomic E-state index is -0.942. The summed E-state index contributed by atoms with van der Waals surface area (Å²) in [7, 11) is 1.52. The van der Waals surface area contributed by atoms with Gasteiger partial charge in [-0.1, -0.05) is 93.3 Å². The van der Waals surface area contributed by atoms with Crippen LogP contribution in [0.3, 0.4) is 0 Å². The normalized spacial score (nSPS) is 29.9. The zero-order valence-corrected chi connectivity index (χ0v) is 28.8. The Morgan fingerprint density at radius 3 is 2.49 bits per heavy atom. The molecule has 0 amide bonds. The Bertz CT molecular complexity index is 1660. The number of ether oxygens (including phenoxy) is 1. The number of carbonyl (C=O) groups excluding carboxylic acids is 1. The number of nitrogens with one attached hydrogen (secondary N) is 1. The number of methoxy groups -OCH3 is 1. The average molecular weight is 666 g/mol. The van der Waals surface area contributed by atoms with E-state index in [1.165, 1.54) is 7.11 Å². The molecule has 1 saturated carbocycles. The van der Waals surface area contributed by atoms with Gasteiger partial charge in [-0.25, -0.2) is 0 Å². The number of Topliss-reactive ketones (excluding diaryl/α,β-unsaturated/α-hetero) is 1. The van der Waals surface area contributed by atoms with Gasteiger partial charge in [-0.3, -0.25) is 4.79 Å². The van der Waals surface area contributed by atoms with Crippen molar-refractivity contribution in [1.82, 2.24) is 5.32 Å². The topological polar surface area (TPSA) is 119 Å². The third kappa shape index (κ3) is 7.04. The number of aliphatic hydroxyl groups is 1. The second-order valence-corrected chi connectivity index (χ2v) is 14.5. The fourth-order valence-electron chi connectivity index (χ4n) is 9.22. The van der Waals surface area contributed by atoms with Crippen LogP contribution >= 0.6 is 0 Å². The van der Waals surface area contributed by atoms with Crippen molar-refractivity contribution < 1.29 is 30.0 Å². The second kappa shape index (κ2) is 15.3. The molecular weight excluding hydrogens is 614 g/mol. The lowest BCUT2D eigenvalue weighted by Crippen LogP contribution is -2.66. The fourth-order valence-corrected chi connectivity index (χ4v) is 9.22. The van der Waals surface area contributed by atoms with Gasteiger partial charge in [0.15, 0.2) is 23.0 Å². The molecule has 1 aliphatic heterocycles. The van der Waals surface area contributed by atoms with E-state index in [-0.39, 0.29) is 59.2 Å². The van der Waals surface area contributed by atoms with Crippen molar-refractivity contribution in [3.05, 3.63) is 83.4 Å². The monoisotopic (exact) mass is 665 g/mol. The summed E-state index contributed by atoms with van der Waals surface area (Å²) in [5, 5.41) is 48.0. The molecule has 6 rings (SSSR count). The van der Waals surface area contributed by atoms with Crippen LogP contribution in [0, 0.1) is 35.5 Å². The van der Waals surface area contributed by atoms with E-state index in [0.29, 0.717) is 25.1 Å². The molecule has 3 aromatic rings. The zero-order chi connectivity index (χ0) is 34.5. The molecule has 1 saturated heterocycles. The van der Waals surface area contributed by atoms with Crippen LogP contribution in [0.4, 0.5) is 0 Å². The van der Waals surface area contributed by atoms with Crippen LogP contribution in [0.25, 0.3) is 0 Å². The number of aliphatic hydroxyl groups excluding tert-OH is 1. The molecule has 1 heterocycles. The first kappa shape index (κ1) is 34.9. The van der Waals surface area contributed by atoms with E-state index >= 15 is 0 Å². The van der Waals surface area contributed by atoms with Crippen LogP contribution in [-0.4, -0.2) is 52.0 Å². The molecule has 260 valence electrons. The van der Waals surface area contributed by atoms with Gasteiger partial charge in [0.1, 0.15) is 5.78 Å². The van der Waals surface area contributed by atoms with Gasteiger partial charge in [-0.05, 0) is 66.6 Å². The molecule has 3 aliphatic rings. The highest BCUT2D eigenvalue weighted by Gasteiger charge is 2.57. The van der Waals surface area contributed by atoms with E-state index in [2.05, 4.69) is 36.2 Å². The summed E-state index contributed by atoms with van der Waals surface area (Å²) in [6, 6.07) is 20.7. The maximum absolute atomic E-state index is 14.8. The molecule has 5 N–H and O–H groups in total. The highest BCUT2D eigenvalue weighted by molar-refractivity contribution is 5.83. The summed E-state index contributed by atoms with van der Waals surface area (Å²) in [4.78, 5) is 14.8. The first-order valence-corrected chi connectivity index (χ1v) is 18.1. The van der Waals surface area contributed by atoms with Gasteiger partial charge >= 0.3 is 0 Å². The van der Waals surface area contributed by atoms with Crippen LogP contribution < -0.4 is 10.1 Å². The summed E-state index contributed by atoms with van der Waals surface area (Å²) >= 11 is 0. The van der Waals surface area contributed by atoms with Gasteiger partial charge in [-0.2, -0.15) is 0 Å². The second-order valence-electron chi connectivity index (χ2n) is 14.5. The van der Waals surface area contributed by atoms with Crippen molar-refractivity contribution in [3.8, 4) is 34.8 Å². The zero-order valence-electron chi connectivity index (χ0n) is 28.8. The van der Waals surface area contributed by atoms with Gasteiger partial charge in [0.25, 0.3) is 0 Å². The lowest BCUT2D eigenvalue weighted by Gasteiger charge is -2.57. The van der Waals surface area contributed by atoms with Crippen LogP contribution in [0.5, 0.6) is 23.0 Å². The number of carbonyl (C=O) groups is 1. The van der Waals surface area contributed by atoms with Gasteiger partial charge in [0, 0.05) is 54.0 Å². The molecule has 7 heteroatoms. The largest absolute Gasteiger partial charge is 0.504 e. The number of phenolic OH excluding ortho intramolecular Hbond substituents is 3. The standard InChI is InChI=1S/C42H51NO6/c1-3-4-6-13-32-36(46)25-33(29-17-19-35(45)38(23-29)49-2)28(22-27-11-7-5-8-12-27)15-16-30-26-43-39-14-9-10-21-42(39,40(30)41(32)48)31-18-20-34(44)37(47)24-31/h5,7-8,11-12,17-20,23-24,28,30,32-33,39-41,43-45,47-48H,3-4,6,9-10,13-14,21-22,25-26H2,1-2H3. The third-order valence-corrected chi connectivity index (χ3v) is 11.7. The maximum Gasteiger partial charge on any atom is 0.160 e. The number of hydrogen-bond donors (Lipinski definition) is 5. The Hall–Kier alpha value is -3.99. The molecular formula is C42H51NO6. The summed E-state index contributed by atoms with van der Waals surface area (Å²) in [5.41, 5.74) is 2.30. The number of ketones is 1. The van der Waals surface area contributed by atoms with E-state index in [0.717, 1.165) is 61.6 Å². The van der Waals surface area contributed by atoms with Crippen molar-refractivity contribution in [3.63, 3.8) is 0 Å². The fraction of sp³-hybridized carbons (Fsp3) is 0.500. The van der Waals surface area contributed by atoms with Crippen molar-refractivity contribution in [2.24, 2.45) is 23.7 Å². The van der Waals surface area contributed by atoms with Gasteiger partial charge in [0.2, 0.25) is 0 Å². The summed E-state index contributed by atoms with van der Waals surface area (Å²) in [6.45, 7) is 2.74. The summed E-state index contributed by atoms with van der Waals surface area (Å²) < 4.78 is 5.50. The minimum Gasteiger partial charge on any atom is -0.504 e. The number of piperidine rings is 1. The van der Waals surface area contributed by atoms with Gasteiger partial charge in [0.05, 0.1) is 13.2 Å². The smallest absolute Gasteiger partial charge is 0.160 e. The molecule has 8 unspecified atom stereocenters. The van der Waals surface area contributed by atoms with E-state index in [4.69, 9.17) is 4.74 Å². The van der Waals surface area contributed by atoms with Crippen LogP contribution in [0.15, 0.2) is 66.7 Å². The van der Waals surface area contributed by atoms with Crippen molar-refractivity contribution in [2.75, 3.05) is 13.7 Å². The quantitative estimate of drug-likeness (QED) is 0.0949. The summed E-state index contributed by atoms with van der Waals surface area (Å²) in [5.74, 6) is 5.79. The van der Waals surface area contributed by atoms with Crippen molar-refractivity contribution >= 4 is 5.78 Å². The molecule has 7 nitrogen and oxygen atoms in total. The molecule has 0 radical (unpaired) electrons. The number of hydrogen-bond acceptors (Lipinski definition) is 7. The lowest BCUT2D eigenvalue weighted by molar-refractivity contribution is -0.132. The molecule has 49 heavy (non-hydrogen) atoms. The predicted octanol–water partition coefficient (Wildman–Crippen LogP) is 7.00. The Morgan fingerprint density at radius 1 is 0.939 bits per heavy atom. The molecule has 8 atom stereocenters. The SMILES string of the molecule is CCCCCC1C(=O)CC(c2ccc(O)c(OC)c2)C(Cc2ccccc2)C#CC2CNC3CCCCC3(c3ccc(O)c(O)c3)C2C1O. The number of benzene rings is 3. The Balaban J connectivity index is 1.53. The molecule has 0 spiro atoms. The van der Waals surface area contributed by atoms with E-state index in [1.54, 1.807) is 18.2 Å². The van der Waals surface area contributed by atoms with E-state index in [9.17, 15) is 25.2 Å². The van der Waals surface area contributed by atoms with Crippen molar-refractivity contribution in [2.45, 2.75) is 94.6 Å². The molecule has 2 aliphatic carbocycles. The van der Waals surface area contributed by atoms with Crippen LogP contribution in [0.2, 0.25) is 0 Å². The predicted molar refractivity (Wildman–Crippen MR) is 191 cm³/mol. The number of aromatic hydroxyl groups is 3. The number of unbranched alkanes of at least 4 members (excludes halogenated alkanes) is 2. The van der Waals surface area contributed by atoms with Crippen LogP contribution in [-0.2, 0) is 16.6 Å². The number of phenols is 3. The number of fused-ring (bicyclic) bond motifs is 3. The third-order valence-electron chi connectivity index (χ3n) is 11.7. The molecule has 2 fully saturated rings. The van der Waals surface area contributed by atoms with Crippen LogP contribution in [0.1, 0.15) is 87.3 Å². The van der Waals surface area contributed by atoms with Crippen molar-refractivity contribution in [1.29, 1.82) is 0 Å². The Kier molecular flexibility index (Phi) is 10.9. The molecule has 0 aromatic heterocycles. The molecule has 0 bridgehead atoms. The Morgan fingerprint density at radius 2 is 1.73 bits per heavy atom. The van der Waals surface area contributed by atoms with Gasteiger partial charge < -0.3 is 30.5 Å². The van der Waals surface area contributed by atoms with E-state index in [1.807, 2.05) is 36.4 Å². The number of rotatable bonds is 9. The van der Waals surface area contributed by atoms with Gasteiger partial charge in [-0.15, -0.1) is 0 Å². The lowest BCUT2D eigenvalue weighted by atomic mass is 9.51. The highest BCUT2D eigenvalue weighted by Crippen LogP contribution is 2.54. The minimum absolute atomic E-state index is 0.0366. The highest BCUT2D eigenvalue weighted by atomic mass is 16.5. The first-order chi connectivity index (χ1) is 23.8. The first-order valence-electron chi connectivity index (χ1n) is 18.1. The van der Waals surface area contributed by atoms with E-state index < -0.39 is 17.4 Å². The maximum atomic E-state index is 14.8. The Labute approximate surface area is 290 Å².